The van der Waals surface area contributed by atoms with Crippen molar-refractivity contribution in [2.75, 3.05) is 54.2 Å². The number of nitrogens with one attached hydrogen (secondary N) is 1. The van der Waals surface area contributed by atoms with Crippen molar-refractivity contribution in [1.29, 1.82) is 0 Å². The number of fused-ring (bicyclic) bond motifs is 1. The molecular weight excluding hydrogens is 534 g/mol. The SMILES string of the molecule is COC(=O)Cc1ccc(Nc2nc(N3CCC4(CC3)CN(c3ccc(Cl)cc3)C4)nc3c2[S@](=O)CCC3)cc1. The van der Waals surface area contributed by atoms with E-state index in [0.717, 1.165) is 78.7 Å². The average molecular weight is 566 g/mol. The zero-order valence-electron chi connectivity index (χ0n) is 22.0. The van der Waals surface area contributed by atoms with Gasteiger partial charge in [0, 0.05) is 53.7 Å². The average Bonchev–Trinajstić information content (AvgIpc) is 2.93. The van der Waals surface area contributed by atoms with Crippen molar-refractivity contribution in [3.05, 3.63) is 64.8 Å². The molecule has 0 amide bonds. The van der Waals surface area contributed by atoms with Gasteiger partial charge in [0.05, 0.1) is 30.0 Å². The van der Waals surface area contributed by atoms with E-state index in [9.17, 15) is 9.00 Å². The third kappa shape index (κ3) is 5.47. The zero-order chi connectivity index (χ0) is 27.0. The Hall–Kier alpha value is -3.17. The normalized spacial score (nSPS) is 19.8. The van der Waals surface area contributed by atoms with Gasteiger partial charge in [-0.25, -0.2) is 4.98 Å². The molecule has 10 heteroatoms. The van der Waals surface area contributed by atoms with Gasteiger partial charge >= 0.3 is 5.97 Å². The molecule has 2 aromatic carbocycles. The number of esters is 1. The van der Waals surface area contributed by atoms with Gasteiger partial charge in [-0.05, 0) is 67.6 Å². The maximum atomic E-state index is 13.0. The summed E-state index contributed by atoms with van der Waals surface area (Å²) in [5, 5.41) is 4.16. The Morgan fingerprint density at radius 3 is 2.46 bits per heavy atom. The van der Waals surface area contributed by atoms with Crippen LogP contribution in [-0.2, 0) is 33.2 Å². The Morgan fingerprint density at radius 1 is 1.05 bits per heavy atom. The van der Waals surface area contributed by atoms with Gasteiger partial charge in [-0.3, -0.25) is 9.00 Å². The largest absolute Gasteiger partial charge is 0.469 e. The summed E-state index contributed by atoms with van der Waals surface area (Å²) in [6.45, 7) is 3.92. The van der Waals surface area contributed by atoms with Crippen molar-refractivity contribution in [3.8, 4) is 0 Å². The minimum atomic E-state index is -1.14. The molecule has 8 nitrogen and oxygen atoms in total. The van der Waals surface area contributed by atoms with Crippen molar-refractivity contribution >= 4 is 51.5 Å². The maximum Gasteiger partial charge on any atom is 0.309 e. The van der Waals surface area contributed by atoms with E-state index in [1.807, 2.05) is 36.4 Å². The number of halogens is 1. The highest BCUT2D eigenvalue weighted by Crippen LogP contribution is 2.43. The molecular formula is C29H32ClN5O3S. The van der Waals surface area contributed by atoms with Gasteiger partial charge in [-0.1, -0.05) is 23.7 Å². The van der Waals surface area contributed by atoms with Gasteiger partial charge in [-0.2, -0.15) is 4.98 Å². The van der Waals surface area contributed by atoms with Crippen molar-refractivity contribution < 1.29 is 13.7 Å². The number of piperidine rings is 1. The summed E-state index contributed by atoms with van der Waals surface area (Å²) < 4.78 is 17.8. The van der Waals surface area contributed by atoms with Gasteiger partial charge in [0.1, 0.15) is 4.90 Å². The van der Waals surface area contributed by atoms with Crippen LogP contribution < -0.4 is 15.1 Å². The molecule has 1 N–H and O–H groups in total. The Kier molecular flexibility index (Phi) is 7.20. The van der Waals surface area contributed by atoms with Crippen LogP contribution >= 0.6 is 11.6 Å². The van der Waals surface area contributed by atoms with Crippen LogP contribution in [-0.4, -0.2) is 59.2 Å². The van der Waals surface area contributed by atoms with E-state index in [2.05, 4.69) is 27.2 Å². The molecule has 3 aliphatic heterocycles. The van der Waals surface area contributed by atoms with Crippen molar-refractivity contribution in [3.63, 3.8) is 0 Å². The third-order valence-corrected chi connectivity index (χ3v) is 9.83. The number of anilines is 4. The molecule has 0 bridgehead atoms. The van der Waals surface area contributed by atoms with Gasteiger partial charge in [0.2, 0.25) is 5.95 Å². The lowest BCUT2D eigenvalue weighted by Crippen LogP contribution is -2.60. The lowest BCUT2D eigenvalue weighted by atomic mass is 9.72. The highest BCUT2D eigenvalue weighted by atomic mass is 35.5. The summed E-state index contributed by atoms with van der Waals surface area (Å²) in [4.78, 5) is 26.8. The van der Waals surface area contributed by atoms with Crippen LogP contribution in [0.4, 0.5) is 23.1 Å². The first-order chi connectivity index (χ1) is 18.9. The molecule has 3 aliphatic rings. The van der Waals surface area contributed by atoms with E-state index in [-0.39, 0.29) is 12.4 Å². The summed E-state index contributed by atoms with van der Waals surface area (Å²) in [6, 6.07) is 15.7. The van der Waals surface area contributed by atoms with Gasteiger partial charge in [0.15, 0.2) is 5.82 Å². The van der Waals surface area contributed by atoms with E-state index in [4.69, 9.17) is 26.3 Å². The molecule has 2 saturated heterocycles. The second-order valence-corrected chi connectivity index (χ2v) is 12.6. The minimum Gasteiger partial charge on any atom is -0.469 e. The van der Waals surface area contributed by atoms with Crippen LogP contribution in [0.25, 0.3) is 0 Å². The summed E-state index contributed by atoms with van der Waals surface area (Å²) in [7, 11) is 0.251. The zero-order valence-corrected chi connectivity index (χ0v) is 23.6. The number of methoxy groups -OCH3 is 1. The smallest absolute Gasteiger partial charge is 0.309 e. The number of hydrogen-bond acceptors (Lipinski definition) is 8. The Labute approximate surface area is 236 Å². The predicted octanol–water partition coefficient (Wildman–Crippen LogP) is 4.75. The highest BCUT2D eigenvalue weighted by Gasteiger charge is 2.45. The second kappa shape index (κ2) is 10.8. The van der Waals surface area contributed by atoms with Gasteiger partial charge < -0.3 is 19.9 Å². The number of benzene rings is 2. The van der Waals surface area contributed by atoms with Crippen molar-refractivity contribution in [2.45, 2.75) is 37.0 Å². The summed E-state index contributed by atoms with van der Waals surface area (Å²) in [5.74, 6) is 1.68. The molecule has 3 aromatic rings. The number of nitrogens with zero attached hydrogens (tertiary/aromatic N) is 4. The molecule has 204 valence electrons. The van der Waals surface area contributed by atoms with E-state index >= 15 is 0 Å². The first-order valence-electron chi connectivity index (χ1n) is 13.4. The maximum absolute atomic E-state index is 13.0. The van der Waals surface area contributed by atoms with Crippen LogP contribution in [0.3, 0.4) is 0 Å². The number of carbonyl (C=O) groups is 1. The summed E-state index contributed by atoms with van der Waals surface area (Å²) in [6.07, 6.45) is 4.07. The minimum absolute atomic E-state index is 0.224. The number of aryl methyl sites for hydroxylation is 1. The molecule has 0 aliphatic carbocycles. The van der Waals surface area contributed by atoms with Crippen LogP contribution in [0.1, 0.15) is 30.5 Å². The van der Waals surface area contributed by atoms with E-state index in [1.165, 1.54) is 12.8 Å². The second-order valence-electron chi connectivity index (χ2n) is 10.7. The number of ether oxygens (including phenoxy) is 1. The lowest BCUT2D eigenvalue weighted by Gasteiger charge is -2.55. The fourth-order valence-electron chi connectivity index (χ4n) is 5.77. The fourth-order valence-corrected chi connectivity index (χ4v) is 7.23. The van der Waals surface area contributed by atoms with E-state index in [0.29, 0.717) is 22.9 Å². The number of carbonyl (C=O) groups excluding carboxylic acids is 1. The topological polar surface area (TPSA) is 87.7 Å². The number of hydrogen-bond donors (Lipinski definition) is 1. The molecule has 1 atom stereocenters. The number of aromatic nitrogens is 2. The van der Waals surface area contributed by atoms with Gasteiger partial charge in [-0.15, -0.1) is 0 Å². The standard InChI is InChI=1S/C29H32ClN5O3S/c1-38-25(36)17-20-4-8-22(9-5-20)31-27-26-24(3-2-16-39(26)37)32-28(33-27)34-14-12-29(13-15-34)18-35(19-29)23-10-6-21(30)7-11-23/h4-11H,2-3,12-19H2,1H3,(H,31,32,33)/t39-/m1/s1. The molecule has 6 rings (SSSR count). The van der Waals surface area contributed by atoms with Crippen LogP contribution in [0, 0.1) is 5.41 Å². The molecule has 0 unspecified atom stereocenters. The summed E-state index contributed by atoms with van der Waals surface area (Å²) in [5.41, 5.74) is 4.14. The van der Waals surface area contributed by atoms with E-state index < -0.39 is 10.8 Å². The molecule has 1 spiro atoms. The molecule has 2 fully saturated rings. The Balaban J connectivity index is 1.17. The molecule has 39 heavy (non-hydrogen) atoms. The first-order valence-corrected chi connectivity index (χ1v) is 15.1. The quantitative estimate of drug-likeness (QED) is 0.429. The first kappa shape index (κ1) is 26.1. The van der Waals surface area contributed by atoms with Crippen molar-refractivity contribution in [2.24, 2.45) is 5.41 Å². The summed E-state index contributed by atoms with van der Waals surface area (Å²) >= 11 is 6.06. The fraction of sp³-hybridized carbons (Fsp3) is 0.414. The van der Waals surface area contributed by atoms with E-state index in [1.54, 1.807) is 0 Å². The van der Waals surface area contributed by atoms with Crippen LogP contribution in [0.2, 0.25) is 5.02 Å². The molecule has 4 heterocycles. The predicted molar refractivity (Wildman–Crippen MR) is 155 cm³/mol. The third-order valence-electron chi connectivity index (χ3n) is 8.04. The highest BCUT2D eigenvalue weighted by molar-refractivity contribution is 7.85. The molecule has 0 saturated carbocycles. The Morgan fingerprint density at radius 2 is 1.77 bits per heavy atom. The molecule has 1 aromatic heterocycles. The monoisotopic (exact) mass is 565 g/mol. The van der Waals surface area contributed by atoms with Crippen molar-refractivity contribution in [1.82, 2.24) is 9.97 Å². The van der Waals surface area contributed by atoms with Crippen LogP contribution in [0.15, 0.2) is 53.4 Å². The van der Waals surface area contributed by atoms with Gasteiger partial charge in [0.25, 0.3) is 0 Å². The lowest BCUT2D eigenvalue weighted by molar-refractivity contribution is -0.139. The number of rotatable bonds is 6. The Bertz CT molecular complexity index is 1380. The van der Waals surface area contributed by atoms with Crippen LogP contribution in [0.5, 0.6) is 0 Å². The molecule has 0 radical (unpaired) electrons.